The van der Waals surface area contributed by atoms with Gasteiger partial charge >= 0.3 is 0 Å². The van der Waals surface area contributed by atoms with E-state index < -0.39 is 5.72 Å². The van der Waals surface area contributed by atoms with Crippen LogP contribution < -0.4 is 9.64 Å². The molecule has 0 radical (unpaired) electrons. The van der Waals surface area contributed by atoms with Gasteiger partial charge in [0, 0.05) is 22.8 Å². The second-order valence-electron chi connectivity index (χ2n) is 6.64. The van der Waals surface area contributed by atoms with Crippen LogP contribution in [0.15, 0.2) is 51.4 Å². The zero-order valence-corrected chi connectivity index (χ0v) is 16.4. The quantitative estimate of drug-likeness (QED) is 0.524. The van der Waals surface area contributed by atoms with Gasteiger partial charge in [0.15, 0.2) is 0 Å². The zero-order valence-electron chi connectivity index (χ0n) is 13.2. The van der Waals surface area contributed by atoms with E-state index in [1.165, 1.54) is 11.3 Å². The van der Waals surface area contributed by atoms with Gasteiger partial charge in [0.25, 0.3) is 0 Å². The second kappa shape index (κ2) is 4.87. The third-order valence-electron chi connectivity index (χ3n) is 5.12. The minimum absolute atomic E-state index is 0.168. The van der Waals surface area contributed by atoms with Gasteiger partial charge in [0.05, 0.1) is 9.89 Å². The number of rotatable bonds is 0. The molecule has 0 N–H and O–H groups in total. The minimum Gasteiger partial charge on any atom is -0.462 e. The number of halogens is 2. The fraction of sp³-hybridized carbons (Fsp3) is 0.263. The van der Waals surface area contributed by atoms with Crippen molar-refractivity contribution in [2.24, 2.45) is 0 Å². The van der Waals surface area contributed by atoms with Gasteiger partial charge in [-0.3, -0.25) is 0 Å². The zero-order chi connectivity index (χ0) is 16.4. The van der Waals surface area contributed by atoms with Crippen molar-refractivity contribution in [1.82, 2.24) is 0 Å². The monoisotopic (exact) mass is 433 g/mol. The van der Waals surface area contributed by atoms with Crippen molar-refractivity contribution in [1.29, 1.82) is 0 Å². The number of benzene rings is 2. The van der Waals surface area contributed by atoms with Crippen LogP contribution in [0.1, 0.15) is 25.0 Å². The molecule has 4 rings (SSSR count). The molecule has 23 heavy (non-hydrogen) atoms. The fourth-order valence-electron chi connectivity index (χ4n) is 3.81. The van der Waals surface area contributed by atoms with Crippen LogP contribution in [0.25, 0.3) is 6.08 Å². The Morgan fingerprint density at radius 3 is 2.57 bits per heavy atom. The van der Waals surface area contributed by atoms with E-state index in [0.717, 1.165) is 20.3 Å². The van der Waals surface area contributed by atoms with E-state index >= 15 is 0 Å². The molecule has 0 fully saturated rings. The van der Waals surface area contributed by atoms with Crippen molar-refractivity contribution in [3.63, 3.8) is 0 Å². The van der Waals surface area contributed by atoms with Gasteiger partial charge in [-0.1, -0.05) is 34.1 Å². The van der Waals surface area contributed by atoms with Gasteiger partial charge in [0.1, 0.15) is 5.75 Å². The summed E-state index contributed by atoms with van der Waals surface area (Å²) in [5.74, 6) is 0.892. The Morgan fingerprint density at radius 2 is 1.83 bits per heavy atom. The lowest BCUT2D eigenvalue weighted by Crippen LogP contribution is -2.58. The van der Waals surface area contributed by atoms with E-state index in [0.29, 0.717) is 0 Å². The molecule has 2 nitrogen and oxygen atoms in total. The van der Waals surface area contributed by atoms with Crippen molar-refractivity contribution >= 4 is 43.6 Å². The Kier molecular flexibility index (Phi) is 3.23. The summed E-state index contributed by atoms with van der Waals surface area (Å²) in [4.78, 5) is 2.25. The van der Waals surface area contributed by atoms with E-state index in [1.54, 1.807) is 0 Å². The fourth-order valence-corrected chi connectivity index (χ4v) is 5.15. The van der Waals surface area contributed by atoms with E-state index in [2.05, 4.69) is 100 Å². The van der Waals surface area contributed by atoms with Crippen molar-refractivity contribution in [2.75, 3.05) is 11.9 Å². The lowest BCUT2D eigenvalue weighted by Gasteiger charge is -2.46. The lowest BCUT2D eigenvalue weighted by molar-refractivity contribution is 0.0573. The van der Waals surface area contributed by atoms with Crippen molar-refractivity contribution in [3.8, 4) is 5.75 Å². The summed E-state index contributed by atoms with van der Waals surface area (Å²) in [6, 6.07) is 12.7. The highest BCUT2D eigenvalue weighted by Gasteiger charge is 2.57. The van der Waals surface area contributed by atoms with Gasteiger partial charge in [-0.05, 0) is 65.7 Å². The Labute approximate surface area is 153 Å². The molecule has 0 bridgehead atoms. The molecule has 0 saturated carbocycles. The number of para-hydroxylation sites is 1. The number of anilines is 1. The number of ether oxygens (including phenoxy) is 1. The molecule has 0 aliphatic carbocycles. The molecule has 1 atom stereocenters. The molecule has 118 valence electrons. The van der Waals surface area contributed by atoms with E-state index in [-0.39, 0.29) is 5.41 Å². The summed E-state index contributed by atoms with van der Waals surface area (Å²) in [6.07, 6.45) is 4.35. The number of nitrogens with zero attached hydrogens (tertiary/aromatic N) is 1. The summed E-state index contributed by atoms with van der Waals surface area (Å²) in [5.41, 5.74) is 2.92. The third-order valence-corrected chi connectivity index (χ3v) is 6.16. The van der Waals surface area contributed by atoms with Crippen LogP contribution in [0.2, 0.25) is 0 Å². The van der Waals surface area contributed by atoms with Crippen LogP contribution >= 0.6 is 31.9 Å². The maximum atomic E-state index is 6.65. The van der Waals surface area contributed by atoms with Gasteiger partial charge in [-0.2, -0.15) is 0 Å². The average Bonchev–Trinajstić information content (AvgIpc) is 2.68. The first kappa shape index (κ1) is 15.3. The van der Waals surface area contributed by atoms with Gasteiger partial charge < -0.3 is 9.64 Å². The largest absolute Gasteiger partial charge is 0.462 e. The molecular weight excluding hydrogens is 418 g/mol. The number of hydrogen-bond acceptors (Lipinski definition) is 2. The molecule has 2 heterocycles. The van der Waals surface area contributed by atoms with Gasteiger partial charge in [-0.25, -0.2) is 0 Å². The van der Waals surface area contributed by atoms with E-state index in [9.17, 15) is 0 Å². The molecule has 1 spiro atoms. The van der Waals surface area contributed by atoms with Crippen LogP contribution in [0.5, 0.6) is 5.75 Å². The van der Waals surface area contributed by atoms with Crippen molar-refractivity contribution < 1.29 is 4.74 Å². The number of likely N-dealkylation sites (N-methyl/N-ethyl adjacent to an activating group) is 1. The van der Waals surface area contributed by atoms with E-state index in [4.69, 9.17) is 4.74 Å². The van der Waals surface area contributed by atoms with Crippen LogP contribution in [-0.2, 0) is 5.41 Å². The highest BCUT2D eigenvalue weighted by molar-refractivity contribution is 9.11. The van der Waals surface area contributed by atoms with Gasteiger partial charge in [0.2, 0.25) is 5.72 Å². The molecule has 4 heteroatoms. The second-order valence-corrected chi connectivity index (χ2v) is 8.41. The highest BCUT2D eigenvalue weighted by atomic mass is 79.9. The summed E-state index contributed by atoms with van der Waals surface area (Å²) in [6.45, 7) is 4.49. The average molecular weight is 435 g/mol. The molecular formula is C19H17Br2NO. The first-order chi connectivity index (χ1) is 10.9. The van der Waals surface area contributed by atoms with E-state index in [1.807, 2.05) is 6.07 Å². The van der Waals surface area contributed by atoms with Gasteiger partial charge in [-0.15, -0.1) is 0 Å². The maximum absolute atomic E-state index is 6.65. The summed E-state index contributed by atoms with van der Waals surface area (Å²) >= 11 is 7.19. The lowest BCUT2D eigenvalue weighted by atomic mass is 9.76. The molecule has 2 aromatic rings. The highest BCUT2D eigenvalue weighted by Crippen LogP contribution is 2.55. The molecule has 0 saturated heterocycles. The number of fused-ring (bicyclic) bond motifs is 2. The maximum Gasteiger partial charge on any atom is 0.211 e. The Hall–Kier alpha value is -1.26. The molecule has 2 aliphatic heterocycles. The molecule has 2 aliphatic rings. The topological polar surface area (TPSA) is 12.5 Å². The Bertz CT molecular complexity index is 843. The summed E-state index contributed by atoms with van der Waals surface area (Å²) in [5, 5.41) is 0. The SMILES string of the molecule is CN1c2ccccc2C(C)(C)[C@@]12C=Cc1cc(Br)cc(Br)c1O2. The normalized spacial score (nSPS) is 23.6. The van der Waals surface area contributed by atoms with Crippen LogP contribution in [0.4, 0.5) is 5.69 Å². The Balaban J connectivity index is 1.92. The summed E-state index contributed by atoms with van der Waals surface area (Å²) in [7, 11) is 2.11. The van der Waals surface area contributed by atoms with Crippen LogP contribution in [0.3, 0.4) is 0 Å². The molecule has 0 amide bonds. The summed E-state index contributed by atoms with van der Waals surface area (Å²) < 4.78 is 8.65. The minimum atomic E-state index is -0.528. The third kappa shape index (κ3) is 1.91. The molecule has 2 aromatic carbocycles. The standard InChI is InChI=1S/C19H17Br2NO/c1-18(2)14-6-4-5-7-16(14)22(3)19(18)9-8-12-10-13(20)11-15(21)17(12)23-19/h4-11H,1-3H3/t19-/m0/s1. The van der Waals surface area contributed by atoms with Crippen molar-refractivity contribution in [3.05, 3.63) is 62.5 Å². The van der Waals surface area contributed by atoms with Crippen molar-refractivity contribution in [2.45, 2.75) is 25.0 Å². The smallest absolute Gasteiger partial charge is 0.211 e. The Morgan fingerprint density at radius 1 is 1.09 bits per heavy atom. The predicted molar refractivity (Wildman–Crippen MR) is 102 cm³/mol. The molecule has 0 unspecified atom stereocenters. The predicted octanol–water partition coefficient (Wildman–Crippen LogP) is 5.74. The first-order valence-electron chi connectivity index (χ1n) is 7.57. The first-order valence-corrected chi connectivity index (χ1v) is 9.16. The van der Waals surface area contributed by atoms with Crippen LogP contribution in [0, 0.1) is 0 Å². The molecule has 0 aromatic heterocycles. The van der Waals surface area contributed by atoms with Crippen LogP contribution in [-0.4, -0.2) is 12.8 Å². The number of hydrogen-bond donors (Lipinski definition) is 0.